The molecule has 0 rings (SSSR count). The number of hydrogen-bond donors (Lipinski definition) is 1. The van der Waals surface area contributed by atoms with Crippen LogP contribution in [0.5, 0.6) is 0 Å². The van der Waals surface area contributed by atoms with Gasteiger partial charge in [0.2, 0.25) is 0 Å². The van der Waals surface area contributed by atoms with Gasteiger partial charge in [0, 0.05) is 22.3 Å². The quantitative estimate of drug-likeness (QED) is 0.565. The van der Waals surface area contributed by atoms with Crippen LogP contribution in [0.4, 0.5) is 0 Å². The fourth-order valence-electron chi connectivity index (χ4n) is 1.04. The van der Waals surface area contributed by atoms with Crippen LogP contribution in [-0.4, -0.2) is 40.4 Å². The van der Waals surface area contributed by atoms with E-state index in [4.69, 9.17) is 4.74 Å². The zero-order valence-corrected chi connectivity index (χ0v) is 11.6. The van der Waals surface area contributed by atoms with E-state index in [0.29, 0.717) is 6.54 Å². The molecule has 16 heavy (non-hydrogen) atoms. The van der Waals surface area contributed by atoms with Crippen LogP contribution in [0.3, 0.4) is 0 Å². The highest BCUT2D eigenvalue weighted by Crippen LogP contribution is 2.06. The summed E-state index contributed by atoms with van der Waals surface area (Å²) in [5, 5.41) is 3.14. The third kappa shape index (κ3) is 8.85. The van der Waals surface area contributed by atoms with Crippen LogP contribution in [-0.2, 0) is 20.3 Å². The van der Waals surface area contributed by atoms with E-state index in [0.717, 1.165) is 6.42 Å². The predicted molar refractivity (Wildman–Crippen MR) is 66.9 cm³/mol. The Morgan fingerprint density at radius 3 is 2.44 bits per heavy atom. The summed E-state index contributed by atoms with van der Waals surface area (Å²) < 4.78 is 16.2. The zero-order valence-electron chi connectivity index (χ0n) is 10.8. The Bertz CT molecular complexity index is 248. The van der Waals surface area contributed by atoms with Crippen molar-refractivity contribution in [2.45, 2.75) is 45.0 Å². The maximum absolute atomic E-state index is 11.3. The van der Waals surface area contributed by atoms with Gasteiger partial charge in [-0.1, -0.05) is 6.92 Å². The molecule has 2 atom stereocenters. The van der Waals surface area contributed by atoms with Crippen molar-refractivity contribution in [1.29, 1.82) is 0 Å². The van der Waals surface area contributed by atoms with Gasteiger partial charge in [-0.25, -0.2) is 0 Å². The van der Waals surface area contributed by atoms with E-state index < -0.39 is 16.4 Å². The molecule has 0 heterocycles. The van der Waals surface area contributed by atoms with Gasteiger partial charge in [-0.2, -0.15) is 0 Å². The van der Waals surface area contributed by atoms with Crippen LogP contribution in [0, 0.1) is 0 Å². The van der Waals surface area contributed by atoms with Crippen molar-refractivity contribution in [1.82, 2.24) is 5.32 Å². The molecule has 1 N–H and O–H groups in total. The normalized spacial score (nSPS) is 15.6. The van der Waals surface area contributed by atoms with Crippen LogP contribution in [0.2, 0.25) is 0 Å². The number of hydrogen-bond acceptors (Lipinski definition) is 4. The average Bonchev–Trinajstić information content (AvgIpc) is 2.08. The van der Waals surface area contributed by atoms with Crippen molar-refractivity contribution in [2.75, 3.05) is 19.3 Å². The molecule has 0 aromatic heterocycles. The third-order valence-corrected chi connectivity index (χ3v) is 3.35. The highest BCUT2D eigenvalue weighted by molar-refractivity contribution is 7.84. The largest absolute Gasteiger partial charge is 0.459 e. The molecule has 0 aliphatic carbocycles. The van der Waals surface area contributed by atoms with Crippen molar-refractivity contribution in [3.05, 3.63) is 0 Å². The molecular formula is C11H23NO3S. The lowest BCUT2D eigenvalue weighted by atomic mass is 10.2. The Labute approximate surface area is 101 Å². The van der Waals surface area contributed by atoms with Gasteiger partial charge < -0.3 is 10.1 Å². The van der Waals surface area contributed by atoms with Crippen LogP contribution in [0.25, 0.3) is 0 Å². The van der Waals surface area contributed by atoms with Crippen LogP contribution >= 0.6 is 0 Å². The van der Waals surface area contributed by atoms with E-state index in [1.54, 1.807) is 6.26 Å². The summed E-state index contributed by atoms with van der Waals surface area (Å²) in [4.78, 5) is 11.3. The second kappa shape index (κ2) is 7.01. The number of ether oxygens (including phenoxy) is 1. The summed E-state index contributed by atoms with van der Waals surface area (Å²) in [6, 6.07) is 0. The molecule has 96 valence electrons. The second-order valence-electron chi connectivity index (χ2n) is 4.86. The lowest BCUT2D eigenvalue weighted by molar-refractivity contribution is -0.153. The summed E-state index contributed by atoms with van der Waals surface area (Å²) >= 11 is 0. The van der Waals surface area contributed by atoms with Gasteiger partial charge in [0.15, 0.2) is 0 Å². The number of nitrogens with one attached hydrogen (secondary N) is 1. The molecule has 0 aliphatic heterocycles. The maximum Gasteiger partial charge on any atom is 0.320 e. The van der Waals surface area contributed by atoms with Gasteiger partial charge in [0.05, 0.1) is 6.54 Å². The fourth-order valence-corrected chi connectivity index (χ4v) is 1.49. The van der Waals surface area contributed by atoms with Crippen LogP contribution < -0.4 is 5.32 Å². The molecule has 0 aliphatic rings. The molecule has 5 heteroatoms. The van der Waals surface area contributed by atoms with Crippen molar-refractivity contribution >= 4 is 16.8 Å². The zero-order chi connectivity index (χ0) is 12.8. The van der Waals surface area contributed by atoms with Crippen molar-refractivity contribution in [3.63, 3.8) is 0 Å². The van der Waals surface area contributed by atoms with E-state index in [9.17, 15) is 9.00 Å². The molecule has 2 unspecified atom stereocenters. The average molecular weight is 249 g/mol. The number of carbonyl (C=O) groups is 1. The summed E-state index contributed by atoms with van der Waals surface area (Å²) in [5.74, 6) is -0.252. The van der Waals surface area contributed by atoms with E-state index in [1.807, 2.05) is 27.7 Å². The van der Waals surface area contributed by atoms with E-state index in [2.05, 4.69) is 5.32 Å². The first-order chi connectivity index (χ1) is 7.22. The molecule has 0 radical (unpaired) electrons. The Hall–Kier alpha value is -0.420. The molecule has 0 spiro atoms. The maximum atomic E-state index is 11.3. The summed E-state index contributed by atoms with van der Waals surface area (Å²) in [5.41, 5.74) is -0.434. The van der Waals surface area contributed by atoms with Gasteiger partial charge in [-0.05, 0) is 33.7 Å². The fraction of sp³-hybridized carbons (Fsp3) is 0.909. The first-order valence-electron chi connectivity index (χ1n) is 5.47. The predicted octanol–water partition coefficient (Wildman–Crippen LogP) is 1.07. The molecule has 0 saturated carbocycles. The minimum absolute atomic E-state index is 0.158. The lowest BCUT2D eigenvalue weighted by Crippen LogP contribution is -2.32. The van der Waals surface area contributed by atoms with Gasteiger partial charge in [-0.3, -0.25) is 9.00 Å². The Kier molecular flexibility index (Phi) is 6.83. The first-order valence-corrected chi connectivity index (χ1v) is 7.09. The molecule has 0 saturated heterocycles. The van der Waals surface area contributed by atoms with Gasteiger partial charge in [0.25, 0.3) is 0 Å². The Morgan fingerprint density at radius 1 is 1.44 bits per heavy atom. The monoisotopic (exact) mass is 249 g/mol. The minimum atomic E-state index is -0.797. The molecule has 4 nitrogen and oxygen atoms in total. The Balaban J connectivity index is 3.60. The smallest absolute Gasteiger partial charge is 0.320 e. The minimum Gasteiger partial charge on any atom is -0.459 e. The SMILES string of the molecule is CC(CCNCC(=O)OC(C)(C)C)S(C)=O. The van der Waals surface area contributed by atoms with Gasteiger partial charge >= 0.3 is 5.97 Å². The topological polar surface area (TPSA) is 55.4 Å². The number of rotatable bonds is 6. The molecule has 0 bridgehead atoms. The standard InChI is InChI=1S/C11H23NO3S/c1-9(16(5)14)6-7-12-8-10(13)15-11(2,3)4/h9,12H,6-8H2,1-5H3. The Morgan fingerprint density at radius 2 is 2.00 bits per heavy atom. The number of carbonyl (C=O) groups excluding carboxylic acids is 1. The third-order valence-electron chi connectivity index (χ3n) is 1.98. The molecule has 0 aromatic carbocycles. The molecule has 0 fully saturated rings. The molecular weight excluding hydrogens is 226 g/mol. The highest BCUT2D eigenvalue weighted by Gasteiger charge is 2.15. The van der Waals surface area contributed by atoms with E-state index >= 15 is 0 Å². The van der Waals surface area contributed by atoms with Crippen LogP contribution in [0.15, 0.2) is 0 Å². The van der Waals surface area contributed by atoms with Crippen LogP contribution in [0.1, 0.15) is 34.1 Å². The van der Waals surface area contributed by atoms with Crippen molar-refractivity contribution < 1.29 is 13.7 Å². The lowest BCUT2D eigenvalue weighted by Gasteiger charge is -2.19. The molecule has 0 amide bonds. The van der Waals surface area contributed by atoms with Crippen molar-refractivity contribution in [2.24, 2.45) is 0 Å². The number of esters is 1. The summed E-state index contributed by atoms with van der Waals surface area (Å²) in [6.07, 6.45) is 2.49. The highest BCUT2D eigenvalue weighted by atomic mass is 32.2. The van der Waals surface area contributed by atoms with Gasteiger partial charge in [-0.15, -0.1) is 0 Å². The second-order valence-corrected chi connectivity index (χ2v) is 6.66. The van der Waals surface area contributed by atoms with Gasteiger partial charge in [0.1, 0.15) is 5.60 Å². The van der Waals surface area contributed by atoms with Crippen molar-refractivity contribution in [3.8, 4) is 0 Å². The molecule has 0 aromatic rings. The first kappa shape index (κ1) is 15.6. The summed E-state index contributed by atoms with van der Waals surface area (Å²) in [6.45, 7) is 8.35. The summed E-state index contributed by atoms with van der Waals surface area (Å²) in [7, 11) is -0.797. The van der Waals surface area contributed by atoms with E-state index in [-0.39, 0.29) is 17.8 Å². The van der Waals surface area contributed by atoms with E-state index in [1.165, 1.54) is 0 Å².